The standard InChI is InChI=1S/C7H9NO2/c9-5-7(10)6-3-1-2-4-8-6/h1-4,7,9-10H,5H2. The van der Waals surface area contributed by atoms with E-state index in [4.69, 9.17) is 10.2 Å². The van der Waals surface area contributed by atoms with E-state index in [0.717, 1.165) is 0 Å². The predicted octanol–water partition coefficient (Wildman–Crippen LogP) is 0.107. The van der Waals surface area contributed by atoms with Crippen LogP contribution in [0, 0.1) is 0 Å². The molecule has 0 saturated carbocycles. The van der Waals surface area contributed by atoms with Crippen molar-refractivity contribution in [1.29, 1.82) is 0 Å². The van der Waals surface area contributed by atoms with E-state index in [1.807, 2.05) is 0 Å². The number of pyridine rings is 1. The summed E-state index contributed by atoms with van der Waals surface area (Å²) in [5.41, 5.74) is 0.505. The van der Waals surface area contributed by atoms with Crippen LogP contribution in [0.5, 0.6) is 0 Å². The van der Waals surface area contributed by atoms with Gasteiger partial charge in [-0.3, -0.25) is 4.98 Å². The van der Waals surface area contributed by atoms with Crippen molar-refractivity contribution in [3.05, 3.63) is 30.1 Å². The maximum absolute atomic E-state index is 9.02. The molecule has 0 radical (unpaired) electrons. The molecule has 1 aromatic heterocycles. The van der Waals surface area contributed by atoms with Gasteiger partial charge in [0.05, 0.1) is 12.3 Å². The monoisotopic (exact) mass is 139 g/mol. The first-order chi connectivity index (χ1) is 4.84. The zero-order valence-corrected chi connectivity index (χ0v) is 5.44. The normalized spacial score (nSPS) is 13.0. The average molecular weight is 139 g/mol. The molecular weight excluding hydrogens is 130 g/mol. The molecule has 0 amide bonds. The minimum absolute atomic E-state index is 0.281. The second-order valence-electron chi connectivity index (χ2n) is 1.95. The number of aliphatic hydroxyl groups excluding tert-OH is 2. The minimum atomic E-state index is -0.846. The molecule has 0 spiro atoms. The van der Waals surface area contributed by atoms with Crippen LogP contribution in [-0.4, -0.2) is 21.8 Å². The van der Waals surface area contributed by atoms with Crippen LogP contribution >= 0.6 is 0 Å². The van der Waals surface area contributed by atoms with Crippen LogP contribution in [-0.2, 0) is 0 Å². The molecule has 0 fully saturated rings. The maximum Gasteiger partial charge on any atom is 0.119 e. The highest BCUT2D eigenvalue weighted by Crippen LogP contribution is 2.05. The fourth-order valence-electron chi connectivity index (χ4n) is 0.667. The lowest BCUT2D eigenvalue weighted by Gasteiger charge is -2.03. The van der Waals surface area contributed by atoms with Gasteiger partial charge in [0.2, 0.25) is 0 Å². The molecule has 1 unspecified atom stereocenters. The highest BCUT2D eigenvalue weighted by atomic mass is 16.3. The molecule has 0 aliphatic rings. The summed E-state index contributed by atoms with van der Waals surface area (Å²) >= 11 is 0. The van der Waals surface area contributed by atoms with E-state index < -0.39 is 6.10 Å². The Hall–Kier alpha value is -0.930. The van der Waals surface area contributed by atoms with Crippen molar-refractivity contribution in [3.63, 3.8) is 0 Å². The molecule has 0 bridgehead atoms. The van der Waals surface area contributed by atoms with E-state index in [1.54, 1.807) is 24.4 Å². The number of hydrogen-bond acceptors (Lipinski definition) is 3. The molecule has 0 aliphatic carbocycles. The second kappa shape index (κ2) is 3.29. The van der Waals surface area contributed by atoms with Crippen molar-refractivity contribution in [2.75, 3.05) is 6.61 Å². The van der Waals surface area contributed by atoms with Crippen LogP contribution in [0.25, 0.3) is 0 Å². The van der Waals surface area contributed by atoms with Gasteiger partial charge in [0, 0.05) is 6.20 Å². The molecule has 1 heterocycles. The van der Waals surface area contributed by atoms with Crippen molar-refractivity contribution < 1.29 is 10.2 Å². The van der Waals surface area contributed by atoms with Crippen LogP contribution in [0.3, 0.4) is 0 Å². The molecule has 3 nitrogen and oxygen atoms in total. The Kier molecular flexibility index (Phi) is 2.36. The molecule has 3 heteroatoms. The smallest absolute Gasteiger partial charge is 0.119 e. The summed E-state index contributed by atoms with van der Waals surface area (Å²) in [7, 11) is 0. The van der Waals surface area contributed by atoms with E-state index >= 15 is 0 Å². The molecule has 0 saturated heterocycles. The predicted molar refractivity (Wildman–Crippen MR) is 36.3 cm³/mol. The molecule has 1 atom stereocenters. The first-order valence-corrected chi connectivity index (χ1v) is 3.04. The number of rotatable bonds is 2. The van der Waals surface area contributed by atoms with E-state index in [-0.39, 0.29) is 6.61 Å². The molecule has 10 heavy (non-hydrogen) atoms. The van der Waals surface area contributed by atoms with E-state index in [0.29, 0.717) is 5.69 Å². The molecule has 0 aromatic carbocycles. The summed E-state index contributed by atoms with van der Waals surface area (Å²) < 4.78 is 0. The lowest BCUT2D eigenvalue weighted by molar-refractivity contribution is 0.0923. The zero-order chi connectivity index (χ0) is 7.40. The highest BCUT2D eigenvalue weighted by molar-refractivity contribution is 5.06. The minimum Gasteiger partial charge on any atom is -0.393 e. The topological polar surface area (TPSA) is 53.4 Å². The lowest BCUT2D eigenvalue weighted by Crippen LogP contribution is -2.03. The third kappa shape index (κ3) is 1.52. The number of nitrogens with zero attached hydrogens (tertiary/aromatic N) is 1. The van der Waals surface area contributed by atoms with Crippen LogP contribution in [0.15, 0.2) is 24.4 Å². The van der Waals surface area contributed by atoms with E-state index in [9.17, 15) is 0 Å². The average Bonchev–Trinajstić information content (AvgIpc) is 2.05. The van der Waals surface area contributed by atoms with Crippen molar-refractivity contribution in [3.8, 4) is 0 Å². The molecule has 1 aromatic rings. The SMILES string of the molecule is OCC(O)c1ccccn1. The Labute approximate surface area is 59.0 Å². The molecular formula is C7H9NO2. The summed E-state index contributed by atoms with van der Waals surface area (Å²) in [6, 6.07) is 5.19. The van der Waals surface area contributed by atoms with Gasteiger partial charge in [-0.25, -0.2) is 0 Å². The van der Waals surface area contributed by atoms with Crippen LogP contribution < -0.4 is 0 Å². The van der Waals surface area contributed by atoms with Crippen molar-refractivity contribution in [2.24, 2.45) is 0 Å². The molecule has 0 aliphatic heterocycles. The number of aromatic nitrogens is 1. The van der Waals surface area contributed by atoms with Crippen LogP contribution in [0.2, 0.25) is 0 Å². The summed E-state index contributed by atoms with van der Waals surface area (Å²) in [5, 5.41) is 17.5. The van der Waals surface area contributed by atoms with E-state index in [2.05, 4.69) is 4.98 Å². The van der Waals surface area contributed by atoms with E-state index in [1.165, 1.54) is 0 Å². The highest BCUT2D eigenvalue weighted by Gasteiger charge is 2.04. The molecule has 1 rings (SSSR count). The van der Waals surface area contributed by atoms with Gasteiger partial charge in [0.25, 0.3) is 0 Å². The van der Waals surface area contributed by atoms with Gasteiger partial charge in [-0.2, -0.15) is 0 Å². The Morgan fingerprint density at radius 3 is 2.80 bits per heavy atom. The fourth-order valence-corrected chi connectivity index (χ4v) is 0.667. The Morgan fingerprint density at radius 2 is 2.30 bits per heavy atom. The Balaban J connectivity index is 2.75. The van der Waals surface area contributed by atoms with Crippen LogP contribution in [0.4, 0.5) is 0 Å². The molecule has 54 valence electrons. The van der Waals surface area contributed by atoms with Gasteiger partial charge in [-0.1, -0.05) is 6.07 Å². The van der Waals surface area contributed by atoms with Crippen molar-refractivity contribution >= 4 is 0 Å². The number of hydrogen-bond donors (Lipinski definition) is 2. The summed E-state index contributed by atoms with van der Waals surface area (Å²) in [4.78, 5) is 3.84. The van der Waals surface area contributed by atoms with Gasteiger partial charge in [-0.15, -0.1) is 0 Å². The third-order valence-corrected chi connectivity index (χ3v) is 1.20. The van der Waals surface area contributed by atoms with Crippen LogP contribution in [0.1, 0.15) is 11.8 Å². The Bertz CT molecular complexity index is 188. The van der Waals surface area contributed by atoms with Gasteiger partial charge < -0.3 is 10.2 Å². The summed E-state index contributed by atoms with van der Waals surface area (Å²) in [6.07, 6.45) is 0.731. The maximum atomic E-state index is 9.02. The van der Waals surface area contributed by atoms with Gasteiger partial charge in [-0.05, 0) is 12.1 Å². The molecule has 2 N–H and O–H groups in total. The fraction of sp³-hybridized carbons (Fsp3) is 0.286. The third-order valence-electron chi connectivity index (χ3n) is 1.20. The quantitative estimate of drug-likeness (QED) is 0.611. The van der Waals surface area contributed by atoms with Crippen molar-refractivity contribution in [1.82, 2.24) is 4.98 Å². The van der Waals surface area contributed by atoms with Gasteiger partial charge in [0.15, 0.2) is 0 Å². The Morgan fingerprint density at radius 1 is 1.50 bits per heavy atom. The van der Waals surface area contributed by atoms with Gasteiger partial charge >= 0.3 is 0 Å². The second-order valence-corrected chi connectivity index (χ2v) is 1.95. The first kappa shape index (κ1) is 7.18. The first-order valence-electron chi connectivity index (χ1n) is 3.04. The largest absolute Gasteiger partial charge is 0.393 e. The van der Waals surface area contributed by atoms with Crippen molar-refractivity contribution in [2.45, 2.75) is 6.10 Å². The summed E-state index contributed by atoms with van der Waals surface area (Å²) in [6.45, 7) is -0.281. The zero-order valence-electron chi connectivity index (χ0n) is 5.44. The summed E-state index contributed by atoms with van der Waals surface area (Å²) in [5.74, 6) is 0. The van der Waals surface area contributed by atoms with Gasteiger partial charge in [0.1, 0.15) is 6.10 Å². The number of aliphatic hydroxyl groups is 2. The lowest BCUT2D eigenvalue weighted by atomic mass is 10.2.